The summed E-state index contributed by atoms with van der Waals surface area (Å²) in [4.78, 5) is 27.4. The Kier molecular flexibility index (Phi) is 15.3. The van der Waals surface area contributed by atoms with E-state index in [1.54, 1.807) is 58.8 Å². The molecular weight excluding hydrogens is 779 g/mol. The Bertz CT molecular complexity index is 1950. The fraction of sp³-hybridized carbons (Fsp3) is 0.450. The van der Waals surface area contributed by atoms with Gasteiger partial charge >= 0.3 is 0 Å². The minimum Gasteiger partial charge on any atom is -0.493 e. The Morgan fingerprint density at radius 3 is 1.93 bits per heavy atom. The first-order valence-corrected chi connectivity index (χ1v) is 20.5. The van der Waals surface area contributed by atoms with Crippen molar-refractivity contribution in [3.63, 3.8) is 0 Å². The Morgan fingerprint density at radius 2 is 1.37 bits per heavy atom. The normalized spacial score (nSPS) is 13.7. The monoisotopic (exact) mass is 827 g/mol. The second-order valence-corrected chi connectivity index (χ2v) is 15.7. The number of ether oxygens (including phenoxy) is 8. The van der Waals surface area contributed by atoms with E-state index < -0.39 is 4.92 Å². The molecule has 2 heterocycles. The van der Waals surface area contributed by atoms with Gasteiger partial charge in [0.15, 0.2) is 40.3 Å². The number of amides is 1. The van der Waals surface area contributed by atoms with E-state index in [4.69, 9.17) is 42.4 Å². The minimum absolute atomic E-state index is 0.0159. The number of hydrogen-bond donors (Lipinski definition) is 0. The van der Waals surface area contributed by atoms with E-state index in [1.807, 2.05) is 0 Å². The van der Waals surface area contributed by atoms with E-state index in [-0.39, 0.29) is 52.5 Å². The number of carbonyl (C=O) groups is 1. The highest BCUT2D eigenvalue weighted by atomic mass is 32.2. The third kappa shape index (κ3) is 9.70. The number of benzene rings is 3. The predicted molar refractivity (Wildman–Crippen MR) is 220 cm³/mol. The average Bonchev–Trinajstić information content (AvgIpc) is 3.93. The van der Waals surface area contributed by atoms with Crippen LogP contribution in [-0.4, -0.2) is 105 Å². The Balaban J connectivity index is 1.27. The van der Waals surface area contributed by atoms with Crippen LogP contribution in [0.2, 0.25) is 0 Å². The standard InChI is InChI=1S/C40H49N3O12S2/c1-9-56-40(57-10-2)28-13-11-14-42(28)39(44)26-21-31(47-3)32(23-29(26)43(45)46)53-15-12-16-54-38-35(50-6)17-24(18-36(38)51-7)27-22-30(55-41-27)25-19-33(48-4)37(52-8)34(20-25)49-5/h17-23,28,40H,9-16H2,1-8H3/t28-/m0/s1. The largest absolute Gasteiger partial charge is 0.493 e. The number of nitro benzene ring substituents is 1. The lowest BCUT2D eigenvalue weighted by Gasteiger charge is -2.31. The second kappa shape index (κ2) is 20.3. The van der Waals surface area contributed by atoms with Crippen molar-refractivity contribution >= 4 is 35.1 Å². The highest BCUT2D eigenvalue weighted by Crippen LogP contribution is 2.45. The molecule has 15 nitrogen and oxygen atoms in total. The molecule has 0 aliphatic carbocycles. The highest BCUT2D eigenvalue weighted by Gasteiger charge is 2.38. The molecule has 308 valence electrons. The van der Waals surface area contributed by atoms with Gasteiger partial charge in [0.1, 0.15) is 11.3 Å². The van der Waals surface area contributed by atoms with Crippen molar-refractivity contribution in [2.75, 3.05) is 73.9 Å². The first-order chi connectivity index (χ1) is 27.7. The van der Waals surface area contributed by atoms with E-state index in [0.29, 0.717) is 70.0 Å². The van der Waals surface area contributed by atoms with Crippen LogP contribution < -0.4 is 37.9 Å². The van der Waals surface area contributed by atoms with Gasteiger partial charge in [0, 0.05) is 36.2 Å². The molecule has 3 aromatic carbocycles. The van der Waals surface area contributed by atoms with E-state index in [1.165, 1.54) is 54.8 Å². The van der Waals surface area contributed by atoms with Crippen molar-refractivity contribution in [3.8, 4) is 68.6 Å². The lowest BCUT2D eigenvalue weighted by molar-refractivity contribution is -0.385. The number of likely N-dealkylation sites (tertiary alicyclic amines) is 1. The molecule has 1 saturated heterocycles. The van der Waals surface area contributed by atoms with Crippen LogP contribution in [-0.2, 0) is 0 Å². The predicted octanol–water partition coefficient (Wildman–Crippen LogP) is 8.25. The molecule has 1 aliphatic rings. The van der Waals surface area contributed by atoms with Crippen LogP contribution in [0.25, 0.3) is 22.6 Å². The number of nitrogens with zero attached hydrogens (tertiary/aromatic N) is 3. The quantitative estimate of drug-likeness (QED) is 0.0341. The van der Waals surface area contributed by atoms with Crippen LogP contribution in [0.4, 0.5) is 5.69 Å². The number of hydrogen-bond acceptors (Lipinski definition) is 15. The summed E-state index contributed by atoms with van der Waals surface area (Å²) < 4.78 is 51.3. The van der Waals surface area contributed by atoms with Crippen molar-refractivity contribution in [1.82, 2.24) is 10.1 Å². The number of rotatable bonds is 21. The van der Waals surface area contributed by atoms with E-state index in [9.17, 15) is 14.9 Å². The topological polar surface area (TPSA) is 163 Å². The summed E-state index contributed by atoms with van der Waals surface area (Å²) in [5.41, 5.74) is 1.47. The molecule has 17 heteroatoms. The molecule has 0 N–H and O–H groups in total. The van der Waals surface area contributed by atoms with E-state index in [0.717, 1.165) is 24.3 Å². The van der Waals surface area contributed by atoms with Crippen LogP contribution in [0.5, 0.6) is 46.0 Å². The van der Waals surface area contributed by atoms with Gasteiger partial charge in [-0.3, -0.25) is 14.9 Å². The van der Waals surface area contributed by atoms with Crippen LogP contribution in [0.1, 0.15) is 43.5 Å². The molecule has 57 heavy (non-hydrogen) atoms. The van der Waals surface area contributed by atoms with Gasteiger partial charge in [0.25, 0.3) is 11.6 Å². The molecule has 0 spiro atoms. The maximum Gasteiger partial charge on any atom is 0.286 e. The fourth-order valence-electron chi connectivity index (χ4n) is 6.58. The third-order valence-electron chi connectivity index (χ3n) is 9.25. The van der Waals surface area contributed by atoms with Crippen molar-refractivity contribution < 1.29 is 52.1 Å². The lowest BCUT2D eigenvalue weighted by atomic mass is 10.1. The molecule has 1 fully saturated rings. The summed E-state index contributed by atoms with van der Waals surface area (Å²) in [6.45, 7) is 5.05. The molecule has 0 radical (unpaired) electrons. The first-order valence-electron chi connectivity index (χ1n) is 18.4. The number of methoxy groups -OCH3 is 6. The zero-order valence-corrected chi connectivity index (χ0v) is 35.0. The van der Waals surface area contributed by atoms with Gasteiger partial charge in [-0.15, -0.1) is 23.5 Å². The maximum absolute atomic E-state index is 13.9. The number of carbonyl (C=O) groups excluding carboxylic acids is 1. The summed E-state index contributed by atoms with van der Waals surface area (Å²) in [5.74, 6) is 4.85. The molecule has 0 saturated carbocycles. The molecule has 1 aromatic heterocycles. The molecule has 1 atom stereocenters. The molecule has 4 aromatic rings. The minimum atomic E-state index is -0.553. The van der Waals surface area contributed by atoms with Gasteiger partial charge in [-0.05, 0) is 48.6 Å². The van der Waals surface area contributed by atoms with Crippen molar-refractivity contribution in [1.29, 1.82) is 0 Å². The van der Waals surface area contributed by atoms with Gasteiger partial charge in [-0.25, -0.2) is 0 Å². The van der Waals surface area contributed by atoms with Crippen LogP contribution in [0, 0.1) is 10.1 Å². The zero-order valence-electron chi connectivity index (χ0n) is 33.4. The Morgan fingerprint density at radius 1 is 0.789 bits per heavy atom. The second-order valence-electron chi connectivity index (χ2n) is 12.5. The lowest BCUT2D eigenvalue weighted by Crippen LogP contribution is -2.41. The number of aromatic nitrogens is 1. The van der Waals surface area contributed by atoms with Crippen molar-refractivity contribution in [2.24, 2.45) is 0 Å². The SMILES string of the molecule is CCSC(SCC)[C@@H]1CCCN1C(=O)c1cc(OC)c(OCCCOc2c(OC)cc(-c3cc(-c4cc(OC)c(OC)c(OC)c4)on3)cc2OC)cc1[N+](=O)[O-]. The molecule has 1 aliphatic heterocycles. The zero-order chi connectivity index (χ0) is 41.1. The van der Waals surface area contributed by atoms with E-state index in [2.05, 4.69) is 19.0 Å². The van der Waals surface area contributed by atoms with Gasteiger partial charge in [-0.2, -0.15) is 0 Å². The molecule has 0 bridgehead atoms. The smallest absolute Gasteiger partial charge is 0.286 e. The average molecular weight is 828 g/mol. The van der Waals surface area contributed by atoms with Gasteiger partial charge in [-0.1, -0.05) is 19.0 Å². The van der Waals surface area contributed by atoms with Gasteiger partial charge in [0.05, 0.1) is 77.5 Å². The number of nitro groups is 1. The van der Waals surface area contributed by atoms with Crippen LogP contribution in [0.3, 0.4) is 0 Å². The maximum atomic E-state index is 13.9. The van der Waals surface area contributed by atoms with Crippen LogP contribution in [0.15, 0.2) is 47.0 Å². The number of thioether (sulfide) groups is 2. The van der Waals surface area contributed by atoms with Gasteiger partial charge < -0.3 is 47.3 Å². The summed E-state index contributed by atoms with van der Waals surface area (Å²) in [6, 6.07) is 11.5. The van der Waals surface area contributed by atoms with Gasteiger partial charge in [0.2, 0.25) is 11.5 Å². The summed E-state index contributed by atoms with van der Waals surface area (Å²) in [5, 5.41) is 16.6. The molecule has 0 unspecified atom stereocenters. The van der Waals surface area contributed by atoms with E-state index >= 15 is 0 Å². The Labute approximate surface area is 340 Å². The summed E-state index contributed by atoms with van der Waals surface area (Å²) >= 11 is 3.61. The van der Waals surface area contributed by atoms with Crippen molar-refractivity contribution in [3.05, 3.63) is 58.1 Å². The van der Waals surface area contributed by atoms with Crippen molar-refractivity contribution in [2.45, 2.75) is 43.7 Å². The Hall–Kier alpha value is -5.16. The molecular formula is C40H49N3O12S2. The summed E-state index contributed by atoms with van der Waals surface area (Å²) in [6.07, 6.45) is 2.08. The third-order valence-corrected chi connectivity index (χ3v) is 12.0. The fourth-order valence-corrected chi connectivity index (χ4v) is 9.45. The highest BCUT2D eigenvalue weighted by molar-refractivity contribution is 8.17. The van der Waals surface area contributed by atoms with Crippen LogP contribution >= 0.6 is 23.5 Å². The molecule has 5 rings (SSSR count). The first kappa shape index (κ1) is 43.0. The molecule has 1 amide bonds. The summed E-state index contributed by atoms with van der Waals surface area (Å²) in [7, 11) is 9.08.